The molecule has 1 aliphatic heterocycles. The number of aryl methyl sites for hydroxylation is 1. The molecule has 3 fully saturated rings. The van der Waals surface area contributed by atoms with E-state index in [-0.39, 0.29) is 24.9 Å². The van der Waals surface area contributed by atoms with E-state index in [1.807, 2.05) is 35.9 Å². The van der Waals surface area contributed by atoms with Gasteiger partial charge in [0, 0.05) is 36.3 Å². The lowest BCUT2D eigenvalue weighted by atomic mass is 10.1. The Kier molecular flexibility index (Phi) is 7.71. The van der Waals surface area contributed by atoms with Crippen molar-refractivity contribution in [3.63, 3.8) is 0 Å². The third kappa shape index (κ3) is 6.80. The molecular formula is C29H36N4O7S. The molecule has 1 aromatic heterocycles. The number of benzene rings is 1. The van der Waals surface area contributed by atoms with Gasteiger partial charge in [0.15, 0.2) is 0 Å². The topological polar surface area (TPSA) is 135 Å². The summed E-state index contributed by atoms with van der Waals surface area (Å²) in [6.45, 7) is 7.37. The molecule has 41 heavy (non-hydrogen) atoms. The summed E-state index contributed by atoms with van der Waals surface area (Å²) in [6, 6.07) is 6.71. The molecule has 1 aromatic carbocycles. The highest BCUT2D eigenvalue weighted by Crippen LogP contribution is 2.33. The normalized spacial score (nSPS) is 21.2. The molecule has 3 amide bonds. The second kappa shape index (κ2) is 11.0. The van der Waals surface area contributed by atoms with Gasteiger partial charge in [-0.25, -0.2) is 22.9 Å². The maximum Gasteiger partial charge on any atom is 0.411 e. The number of aromatic nitrogens is 1. The van der Waals surface area contributed by atoms with E-state index in [0.29, 0.717) is 18.7 Å². The van der Waals surface area contributed by atoms with Crippen LogP contribution in [0.2, 0.25) is 0 Å². The Morgan fingerprint density at radius 3 is 2.49 bits per heavy atom. The molecule has 0 spiro atoms. The zero-order valence-corrected chi connectivity index (χ0v) is 24.5. The number of sulfonamides is 1. The van der Waals surface area contributed by atoms with Gasteiger partial charge in [-0.3, -0.25) is 14.5 Å². The van der Waals surface area contributed by atoms with Crippen molar-refractivity contribution in [1.29, 1.82) is 0 Å². The molecule has 11 nitrogen and oxygen atoms in total. The van der Waals surface area contributed by atoms with E-state index in [9.17, 15) is 22.8 Å². The van der Waals surface area contributed by atoms with Crippen LogP contribution in [0.4, 0.5) is 4.79 Å². The maximum absolute atomic E-state index is 13.9. The van der Waals surface area contributed by atoms with Gasteiger partial charge in [-0.2, -0.15) is 0 Å². The Morgan fingerprint density at radius 1 is 1.10 bits per heavy atom. The van der Waals surface area contributed by atoms with Gasteiger partial charge in [0.25, 0.3) is 5.91 Å². The molecule has 1 N–H and O–H groups in total. The van der Waals surface area contributed by atoms with E-state index in [1.165, 1.54) is 16.0 Å². The molecule has 0 bridgehead atoms. The molecule has 2 aliphatic carbocycles. The molecule has 2 unspecified atom stereocenters. The lowest BCUT2D eigenvalue weighted by Gasteiger charge is -2.30. The highest BCUT2D eigenvalue weighted by Gasteiger charge is 2.46. The zero-order valence-electron chi connectivity index (χ0n) is 23.7. The second-order valence-corrected chi connectivity index (χ2v) is 13.9. The Bertz CT molecular complexity index is 1490. The molecule has 2 atom stereocenters. The SMILES string of the molecule is Cc1cccc2c(OC3CC(C(=O)N(C=CC(=O)NS(=O)(=O)C4CC4)C4CC4)N(C(=O)OC(C)(C)C)C3)nccc12. The number of rotatable bonds is 8. The van der Waals surface area contributed by atoms with Crippen LogP contribution in [-0.2, 0) is 24.3 Å². The van der Waals surface area contributed by atoms with Gasteiger partial charge in [-0.15, -0.1) is 0 Å². The Labute approximate surface area is 239 Å². The van der Waals surface area contributed by atoms with E-state index < -0.39 is 45.0 Å². The van der Waals surface area contributed by atoms with Gasteiger partial charge in [-0.1, -0.05) is 12.1 Å². The van der Waals surface area contributed by atoms with E-state index >= 15 is 0 Å². The summed E-state index contributed by atoms with van der Waals surface area (Å²) in [5.74, 6) is -0.787. The number of hydrogen-bond acceptors (Lipinski definition) is 8. The van der Waals surface area contributed by atoms with Crippen LogP contribution in [0.15, 0.2) is 42.7 Å². The first-order valence-electron chi connectivity index (χ1n) is 13.9. The first-order chi connectivity index (χ1) is 19.3. The van der Waals surface area contributed by atoms with Crippen molar-refractivity contribution in [2.45, 2.75) is 88.8 Å². The van der Waals surface area contributed by atoms with Crippen LogP contribution in [-0.4, -0.2) is 76.7 Å². The smallest absolute Gasteiger partial charge is 0.411 e. The maximum atomic E-state index is 13.9. The summed E-state index contributed by atoms with van der Waals surface area (Å²) in [6.07, 6.45) is 5.57. The van der Waals surface area contributed by atoms with Crippen molar-refractivity contribution in [2.75, 3.05) is 6.54 Å². The Hall–Kier alpha value is -3.67. The van der Waals surface area contributed by atoms with Crippen molar-refractivity contribution in [1.82, 2.24) is 19.5 Å². The van der Waals surface area contributed by atoms with Gasteiger partial charge >= 0.3 is 6.09 Å². The van der Waals surface area contributed by atoms with Crippen LogP contribution in [0.3, 0.4) is 0 Å². The third-order valence-corrected chi connectivity index (χ3v) is 9.06. The Morgan fingerprint density at radius 2 is 1.83 bits per heavy atom. The molecule has 1 saturated heterocycles. The number of nitrogens with zero attached hydrogens (tertiary/aromatic N) is 3. The molecule has 2 aromatic rings. The molecule has 220 valence electrons. The minimum Gasteiger partial charge on any atom is -0.472 e. The molecule has 12 heteroatoms. The van der Waals surface area contributed by atoms with Crippen LogP contribution >= 0.6 is 0 Å². The number of amides is 3. The highest BCUT2D eigenvalue weighted by molar-refractivity contribution is 7.91. The molecule has 3 aliphatic rings. The van der Waals surface area contributed by atoms with Gasteiger partial charge in [0.1, 0.15) is 17.7 Å². The van der Waals surface area contributed by atoms with E-state index in [1.54, 1.807) is 27.0 Å². The summed E-state index contributed by atoms with van der Waals surface area (Å²) in [7, 11) is -3.71. The van der Waals surface area contributed by atoms with Gasteiger partial charge in [0.2, 0.25) is 21.8 Å². The van der Waals surface area contributed by atoms with Crippen molar-refractivity contribution in [2.24, 2.45) is 0 Å². The minimum absolute atomic E-state index is 0.109. The largest absolute Gasteiger partial charge is 0.472 e. The molecule has 5 rings (SSSR count). The predicted octanol–water partition coefficient (Wildman–Crippen LogP) is 3.41. The molecule has 2 heterocycles. The zero-order chi connectivity index (χ0) is 29.5. The van der Waals surface area contributed by atoms with E-state index in [2.05, 4.69) is 4.98 Å². The number of fused-ring (bicyclic) bond motifs is 1. The van der Waals surface area contributed by atoms with Crippen LogP contribution in [0.1, 0.15) is 58.4 Å². The number of likely N-dealkylation sites (tertiary alicyclic amines) is 1. The first-order valence-corrected chi connectivity index (χ1v) is 15.4. The van der Waals surface area contributed by atoms with Crippen molar-refractivity contribution < 1.29 is 32.3 Å². The van der Waals surface area contributed by atoms with Crippen LogP contribution in [0.25, 0.3) is 10.8 Å². The predicted molar refractivity (Wildman–Crippen MR) is 151 cm³/mol. The number of carbonyl (C=O) groups is 3. The Balaban J connectivity index is 1.36. The average molecular weight is 585 g/mol. The average Bonchev–Trinajstić information content (AvgIpc) is 3.81. The molecular weight excluding hydrogens is 548 g/mol. The van der Waals surface area contributed by atoms with Crippen molar-refractivity contribution in [3.8, 4) is 5.88 Å². The van der Waals surface area contributed by atoms with Crippen LogP contribution in [0.5, 0.6) is 5.88 Å². The fraction of sp³-hybridized carbons (Fsp3) is 0.517. The third-order valence-electron chi connectivity index (χ3n) is 7.23. The fourth-order valence-corrected chi connectivity index (χ4v) is 6.18. The highest BCUT2D eigenvalue weighted by atomic mass is 32.2. The first kappa shape index (κ1) is 28.8. The monoisotopic (exact) mass is 584 g/mol. The summed E-state index contributed by atoms with van der Waals surface area (Å²) in [5, 5.41) is 1.29. The standard InChI is InChI=1S/C29H36N4O7S/c1-18-6-5-7-23-22(18)12-14-30-26(23)39-20-16-24(33(17-20)28(36)40-29(2,3)4)27(35)32(19-8-9-19)15-13-25(34)31-41(37,38)21-10-11-21/h5-7,12-15,19-21,24H,8-11,16-17H2,1-4H3,(H,31,34). The van der Waals surface area contributed by atoms with Crippen LogP contribution in [0, 0.1) is 6.92 Å². The van der Waals surface area contributed by atoms with Crippen LogP contribution < -0.4 is 9.46 Å². The second-order valence-electron chi connectivity index (χ2n) is 11.9. The number of carbonyl (C=O) groups excluding carboxylic acids is 3. The van der Waals surface area contributed by atoms with Gasteiger partial charge in [0.05, 0.1) is 11.8 Å². The summed E-state index contributed by atoms with van der Waals surface area (Å²) < 4.78 is 38.2. The summed E-state index contributed by atoms with van der Waals surface area (Å²) >= 11 is 0. The quantitative estimate of drug-likeness (QED) is 0.467. The number of hydrogen-bond donors (Lipinski definition) is 1. The van der Waals surface area contributed by atoms with E-state index in [4.69, 9.17) is 9.47 Å². The summed E-state index contributed by atoms with van der Waals surface area (Å²) in [5.41, 5.74) is 0.296. The summed E-state index contributed by atoms with van der Waals surface area (Å²) in [4.78, 5) is 46.7. The molecule has 0 radical (unpaired) electrons. The number of pyridine rings is 1. The number of ether oxygens (including phenoxy) is 2. The lowest BCUT2D eigenvalue weighted by Crippen LogP contribution is -2.48. The minimum atomic E-state index is -3.71. The van der Waals surface area contributed by atoms with E-state index in [0.717, 1.165) is 35.3 Å². The fourth-order valence-electron chi connectivity index (χ4n) is 4.91. The van der Waals surface area contributed by atoms with Gasteiger partial charge in [-0.05, 0) is 76.5 Å². The van der Waals surface area contributed by atoms with Gasteiger partial charge < -0.3 is 14.4 Å². The lowest BCUT2D eigenvalue weighted by molar-refractivity contribution is -0.133. The van der Waals surface area contributed by atoms with Crippen molar-refractivity contribution in [3.05, 3.63) is 48.3 Å². The number of nitrogens with one attached hydrogen (secondary N) is 1. The van der Waals surface area contributed by atoms with Crippen molar-refractivity contribution >= 4 is 38.7 Å². The molecule has 2 saturated carbocycles.